The number of hydrogen-bond donors (Lipinski definition) is 1. The van der Waals surface area contributed by atoms with E-state index in [2.05, 4.69) is 16.9 Å². The monoisotopic (exact) mass is 235 g/mol. The molecule has 0 aliphatic heterocycles. The first-order valence-electron chi connectivity index (χ1n) is 6.48. The van der Waals surface area contributed by atoms with E-state index in [0.717, 1.165) is 18.4 Å². The van der Waals surface area contributed by atoms with E-state index in [1.165, 1.54) is 25.6 Å². The van der Waals surface area contributed by atoms with Gasteiger partial charge in [0.25, 0.3) is 0 Å². The van der Waals surface area contributed by atoms with Crippen LogP contribution in [-0.4, -0.2) is 16.1 Å². The minimum absolute atomic E-state index is 0.281. The molecule has 2 N–H and O–H groups in total. The maximum absolute atomic E-state index is 6.04. The van der Waals surface area contributed by atoms with Crippen molar-refractivity contribution >= 4 is 5.82 Å². The van der Waals surface area contributed by atoms with Crippen LogP contribution in [-0.2, 0) is 6.42 Å². The van der Waals surface area contributed by atoms with Crippen LogP contribution in [0.25, 0.3) is 0 Å². The average Bonchev–Trinajstić information content (AvgIpc) is 2.32. The second kappa shape index (κ2) is 5.34. The third-order valence-electron chi connectivity index (χ3n) is 3.59. The van der Waals surface area contributed by atoms with E-state index in [-0.39, 0.29) is 6.10 Å². The summed E-state index contributed by atoms with van der Waals surface area (Å²) in [5, 5.41) is 0. The number of hydrogen-bond acceptors (Lipinski definition) is 4. The fourth-order valence-corrected chi connectivity index (χ4v) is 2.44. The van der Waals surface area contributed by atoms with Crippen LogP contribution in [0.5, 0.6) is 5.88 Å². The molecule has 4 nitrogen and oxygen atoms in total. The summed E-state index contributed by atoms with van der Waals surface area (Å²) >= 11 is 0. The molecule has 1 fully saturated rings. The zero-order valence-corrected chi connectivity index (χ0v) is 10.6. The van der Waals surface area contributed by atoms with Crippen molar-refractivity contribution in [3.05, 3.63) is 11.9 Å². The number of rotatable bonds is 3. The molecule has 2 atom stereocenters. The van der Waals surface area contributed by atoms with Crippen LogP contribution in [0.2, 0.25) is 0 Å². The fourth-order valence-electron chi connectivity index (χ4n) is 2.44. The standard InChI is InChI=1S/C13H21N3O/c1-3-10-12(14)15-8-16-13(10)17-11-7-5-4-6-9(11)2/h8-9,11H,3-7H2,1-2H3,(H2,14,15,16). The topological polar surface area (TPSA) is 61.0 Å². The van der Waals surface area contributed by atoms with Crippen molar-refractivity contribution in [2.75, 3.05) is 5.73 Å². The van der Waals surface area contributed by atoms with Crippen molar-refractivity contribution in [2.45, 2.75) is 52.1 Å². The van der Waals surface area contributed by atoms with Gasteiger partial charge in [-0.3, -0.25) is 0 Å². The summed E-state index contributed by atoms with van der Waals surface area (Å²) in [6.07, 6.45) is 7.50. The number of anilines is 1. The molecule has 0 spiro atoms. The second-order valence-electron chi connectivity index (χ2n) is 4.81. The smallest absolute Gasteiger partial charge is 0.222 e. The number of nitrogens with two attached hydrogens (primary N) is 1. The van der Waals surface area contributed by atoms with Crippen molar-refractivity contribution in [3.63, 3.8) is 0 Å². The number of ether oxygens (including phenoxy) is 1. The minimum atomic E-state index is 0.281. The molecule has 1 aliphatic carbocycles. The van der Waals surface area contributed by atoms with Crippen LogP contribution >= 0.6 is 0 Å². The first kappa shape index (κ1) is 12.1. The Morgan fingerprint density at radius 3 is 2.82 bits per heavy atom. The highest BCUT2D eigenvalue weighted by Gasteiger charge is 2.24. The summed E-state index contributed by atoms with van der Waals surface area (Å²) in [5.41, 5.74) is 6.78. The molecule has 1 aromatic heterocycles. The Bertz CT molecular complexity index is 381. The first-order chi connectivity index (χ1) is 8.22. The molecule has 0 bridgehead atoms. The Balaban J connectivity index is 2.14. The summed E-state index contributed by atoms with van der Waals surface area (Å²) in [7, 11) is 0. The average molecular weight is 235 g/mol. The lowest BCUT2D eigenvalue weighted by atomic mass is 9.88. The van der Waals surface area contributed by atoms with Gasteiger partial charge in [-0.2, -0.15) is 0 Å². The molecule has 1 aliphatic rings. The van der Waals surface area contributed by atoms with E-state index in [9.17, 15) is 0 Å². The largest absolute Gasteiger partial charge is 0.474 e. The number of aromatic nitrogens is 2. The van der Waals surface area contributed by atoms with Crippen LogP contribution in [0, 0.1) is 5.92 Å². The molecule has 0 amide bonds. The molecule has 1 aromatic rings. The lowest BCUT2D eigenvalue weighted by Crippen LogP contribution is -2.29. The predicted octanol–water partition coefficient (Wildman–Crippen LogP) is 2.58. The molecule has 94 valence electrons. The van der Waals surface area contributed by atoms with Gasteiger partial charge in [-0.1, -0.05) is 20.3 Å². The Morgan fingerprint density at radius 1 is 1.35 bits per heavy atom. The summed E-state index contributed by atoms with van der Waals surface area (Å²) in [4.78, 5) is 8.23. The summed E-state index contributed by atoms with van der Waals surface area (Å²) < 4.78 is 6.04. The van der Waals surface area contributed by atoms with E-state index >= 15 is 0 Å². The highest BCUT2D eigenvalue weighted by atomic mass is 16.5. The molecule has 1 saturated carbocycles. The maximum atomic E-state index is 6.04. The number of nitrogen functional groups attached to an aromatic ring is 1. The van der Waals surface area contributed by atoms with Gasteiger partial charge in [0.2, 0.25) is 5.88 Å². The normalized spacial score (nSPS) is 24.6. The molecular formula is C13H21N3O. The van der Waals surface area contributed by atoms with Crippen LogP contribution in [0.4, 0.5) is 5.82 Å². The van der Waals surface area contributed by atoms with Crippen molar-refractivity contribution < 1.29 is 4.74 Å². The van der Waals surface area contributed by atoms with Gasteiger partial charge in [-0.05, 0) is 31.6 Å². The Hall–Kier alpha value is -1.32. The van der Waals surface area contributed by atoms with Gasteiger partial charge in [0.1, 0.15) is 18.2 Å². The van der Waals surface area contributed by atoms with Gasteiger partial charge in [-0.25, -0.2) is 9.97 Å². The predicted molar refractivity (Wildman–Crippen MR) is 67.9 cm³/mol. The molecule has 0 saturated heterocycles. The quantitative estimate of drug-likeness (QED) is 0.874. The summed E-state index contributed by atoms with van der Waals surface area (Å²) in [6, 6.07) is 0. The zero-order valence-electron chi connectivity index (χ0n) is 10.6. The second-order valence-corrected chi connectivity index (χ2v) is 4.81. The highest BCUT2D eigenvalue weighted by Crippen LogP contribution is 2.29. The Labute approximate surface area is 103 Å². The molecular weight excluding hydrogens is 214 g/mol. The van der Waals surface area contributed by atoms with Crippen LogP contribution in [0.3, 0.4) is 0 Å². The molecule has 1 heterocycles. The third kappa shape index (κ3) is 2.68. The van der Waals surface area contributed by atoms with E-state index in [1.807, 2.05) is 6.92 Å². The van der Waals surface area contributed by atoms with Gasteiger partial charge in [0.15, 0.2) is 0 Å². The lowest BCUT2D eigenvalue weighted by molar-refractivity contribution is 0.0964. The van der Waals surface area contributed by atoms with Crippen molar-refractivity contribution in [1.29, 1.82) is 0 Å². The Morgan fingerprint density at radius 2 is 2.12 bits per heavy atom. The fraction of sp³-hybridized carbons (Fsp3) is 0.692. The molecule has 2 rings (SSSR count). The van der Waals surface area contributed by atoms with E-state index in [4.69, 9.17) is 10.5 Å². The van der Waals surface area contributed by atoms with Crippen molar-refractivity contribution in [1.82, 2.24) is 9.97 Å². The van der Waals surface area contributed by atoms with Gasteiger partial charge < -0.3 is 10.5 Å². The van der Waals surface area contributed by atoms with E-state index in [1.54, 1.807) is 0 Å². The molecule has 0 aromatic carbocycles. The first-order valence-corrected chi connectivity index (χ1v) is 6.48. The lowest BCUT2D eigenvalue weighted by Gasteiger charge is -2.29. The van der Waals surface area contributed by atoms with Crippen LogP contribution in [0.15, 0.2) is 6.33 Å². The van der Waals surface area contributed by atoms with E-state index in [0.29, 0.717) is 17.6 Å². The van der Waals surface area contributed by atoms with Gasteiger partial charge in [0.05, 0.1) is 5.56 Å². The van der Waals surface area contributed by atoms with Gasteiger partial charge in [-0.15, -0.1) is 0 Å². The highest BCUT2D eigenvalue weighted by molar-refractivity contribution is 5.44. The zero-order chi connectivity index (χ0) is 12.3. The molecule has 17 heavy (non-hydrogen) atoms. The van der Waals surface area contributed by atoms with Crippen LogP contribution < -0.4 is 10.5 Å². The van der Waals surface area contributed by atoms with Gasteiger partial charge >= 0.3 is 0 Å². The van der Waals surface area contributed by atoms with Crippen molar-refractivity contribution in [3.8, 4) is 5.88 Å². The molecule has 0 radical (unpaired) electrons. The van der Waals surface area contributed by atoms with Crippen molar-refractivity contribution in [2.24, 2.45) is 5.92 Å². The molecule has 4 heteroatoms. The maximum Gasteiger partial charge on any atom is 0.222 e. The van der Waals surface area contributed by atoms with Crippen LogP contribution in [0.1, 0.15) is 45.1 Å². The number of nitrogens with zero attached hydrogens (tertiary/aromatic N) is 2. The minimum Gasteiger partial charge on any atom is -0.474 e. The SMILES string of the molecule is CCc1c(N)ncnc1OC1CCCCC1C. The summed E-state index contributed by atoms with van der Waals surface area (Å²) in [5.74, 6) is 1.82. The Kier molecular flexibility index (Phi) is 3.82. The summed E-state index contributed by atoms with van der Waals surface area (Å²) in [6.45, 7) is 4.30. The van der Waals surface area contributed by atoms with Gasteiger partial charge in [0, 0.05) is 0 Å². The van der Waals surface area contributed by atoms with E-state index < -0.39 is 0 Å². The third-order valence-corrected chi connectivity index (χ3v) is 3.59. The molecule has 2 unspecified atom stereocenters.